The molecule has 0 aliphatic carbocycles. The van der Waals surface area contributed by atoms with Crippen LogP contribution < -0.4 is 10.1 Å². The van der Waals surface area contributed by atoms with Gasteiger partial charge in [-0.15, -0.1) is 0 Å². The zero-order valence-electron chi connectivity index (χ0n) is 12.8. The Morgan fingerprint density at radius 3 is 2.70 bits per heavy atom. The Hall–Kier alpha value is -2.53. The summed E-state index contributed by atoms with van der Waals surface area (Å²) in [5.41, 5.74) is 2.89. The van der Waals surface area contributed by atoms with E-state index in [1.54, 1.807) is 19.2 Å². The van der Waals surface area contributed by atoms with Crippen LogP contribution in [0, 0.1) is 6.92 Å². The number of aryl methyl sites for hydroxylation is 1. The van der Waals surface area contributed by atoms with Gasteiger partial charge in [0.25, 0.3) is 0 Å². The van der Waals surface area contributed by atoms with Crippen molar-refractivity contribution in [2.75, 3.05) is 12.4 Å². The molecule has 6 heteroatoms. The zero-order chi connectivity index (χ0) is 16.2. The van der Waals surface area contributed by atoms with Crippen molar-refractivity contribution in [3.05, 3.63) is 58.9 Å². The molecule has 0 saturated heterocycles. The van der Waals surface area contributed by atoms with Crippen molar-refractivity contribution < 1.29 is 9.26 Å². The molecule has 0 amide bonds. The number of nitrogens with zero attached hydrogens (tertiary/aromatic N) is 2. The van der Waals surface area contributed by atoms with Gasteiger partial charge < -0.3 is 14.6 Å². The fraction of sp³-hybridized carbons (Fsp3) is 0.176. The molecule has 0 radical (unpaired) electrons. The second kappa shape index (κ2) is 6.71. The van der Waals surface area contributed by atoms with Crippen molar-refractivity contribution in [2.24, 2.45) is 0 Å². The summed E-state index contributed by atoms with van der Waals surface area (Å²) in [5, 5.41) is 7.91. The molecule has 0 spiro atoms. The van der Waals surface area contributed by atoms with Gasteiger partial charge in [0.1, 0.15) is 5.75 Å². The maximum Gasteiger partial charge on any atom is 0.246 e. The molecule has 0 aliphatic heterocycles. The number of anilines is 1. The SMILES string of the molecule is COc1ccc(C)cc1NCc1nc(-c2ccc(Cl)cc2)no1. The fourth-order valence-electron chi connectivity index (χ4n) is 2.17. The minimum Gasteiger partial charge on any atom is -0.495 e. The van der Waals surface area contributed by atoms with E-state index in [4.69, 9.17) is 20.9 Å². The van der Waals surface area contributed by atoms with Gasteiger partial charge in [-0.3, -0.25) is 0 Å². The average molecular weight is 330 g/mol. The number of hydrogen-bond donors (Lipinski definition) is 1. The fourth-order valence-corrected chi connectivity index (χ4v) is 2.30. The summed E-state index contributed by atoms with van der Waals surface area (Å²) in [6.07, 6.45) is 0. The van der Waals surface area contributed by atoms with Crippen molar-refractivity contribution in [3.63, 3.8) is 0 Å². The van der Waals surface area contributed by atoms with E-state index >= 15 is 0 Å². The minimum atomic E-state index is 0.417. The Bertz CT molecular complexity index is 800. The van der Waals surface area contributed by atoms with E-state index in [9.17, 15) is 0 Å². The van der Waals surface area contributed by atoms with E-state index in [1.807, 2.05) is 37.3 Å². The van der Waals surface area contributed by atoms with E-state index in [1.165, 1.54) is 0 Å². The highest BCUT2D eigenvalue weighted by molar-refractivity contribution is 6.30. The molecule has 5 nitrogen and oxygen atoms in total. The van der Waals surface area contributed by atoms with Crippen molar-refractivity contribution in [1.29, 1.82) is 0 Å². The molecule has 3 aromatic rings. The summed E-state index contributed by atoms with van der Waals surface area (Å²) >= 11 is 5.88. The quantitative estimate of drug-likeness (QED) is 0.755. The molecule has 1 aromatic heterocycles. The summed E-state index contributed by atoms with van der Waals surface area (Å²) in [7, 11) is 1.64. The molecule has 1 heterocycles. The van der Waals surface area contributed by atoms with Gasteiger partial charge in [0, 0.05) is 10.6 Å². The number of nitrogens with one attached hydrogen (secondary N) is 1. The molecule has 0 unspecified atom stereocenters. The van der Waals surface area contributed by atoms with Crippen LogP contribution in [-0.4, -0.2) is 17.3 Å². The van der Waals surface area contributed by atoms with E-state index in [0.717, 1.165) is 22.6 Å². The van der Waals surface area contributed by atoms with Gasteiger partial charge in [-0.25, -0.2) is 0 Å². The standard InChI is InChI=1S/C17H16ClN3O2/c1-11-3-8-15(22-2)14(9-11)19-10-16-20-17(21-23-16)12-4-6-13(18)7-5-12/h3-9,19H,10H2,1-2H3. The van der Waals surface area contributed by atoms with Crippen LogP contribution in [0.1, 0.15) is 11.5 Å². The molecule has 118 valence electrons. The number of hydrogen-bond acceptors (Lipinski definition) is 5. The first-order valence-electron chi connectivity index (χ1n) is 7.13. The smallest absolute Gasteiger partial charge is 0.246 e. The Balaban J connectivity index is 1.72. The van der Waals surface area contributed by atoms with Crippen LogP contribution in [0.5, 0.6) is 5.75 Å². The minimum absolute atomic E-state index is 0.417. The monoisotopic (exact) mass is 329 g/mol. The van der Waals surface area contributed by atoms with Gasteiger partial charge >= 0.3 is 0 Å². The Morgan fingerprint density at radius 1 is 1.17 bits per heavy atom. The number of halogens is 1. The van der Waals surface area contributed by atoms with Crippen LogP contribution in [-0.2, 0) is 6.54 Å². The summed E-state index contributed by atoms with van der Waals surface area (Å²) in [6.45, 7) is 2.44. The van der Waals surface area contributed by atoms with Crippen molar-refractivity contribution in [1.82, 2.24) is 10.1 Å². The first-order chi connectivity index (χ1) is 11.2. The van der Waals surface area contributed by atoms with Crippen LogP contribution in [0.15, 0.2) is 47.0 Å². The molecule has 3 rings (SSSR count). The number of aromatic nitrogens is 2. The predicted molar refractivity (Wildman–Crippen MR) is 89.8 cm³/mol. The molecule has 0 saturated carbocycles. The third-order valence-corrected chi connectivity index (χ3v) is 3.61. The first-order valence-corrected chi connectivity index (χ1v) is 7.50. The van der Waals surface area contributed by atoms with Crippen molar-refractivity contribution >= 4 is 17.3 Å². The molecule has 23 heavy (non-hydrogen) atoms. The van der Waals surface area contributed by atoms with Crippen LogP contribution in [0.3, 0.4) is 0 Å². The molecular weight excluding hydrogens is 314 g/mol. The lowest BCUT2D eigenvalue weighted by molar-refractivity contribution is 0.383. The van der Waals surface area contributed by atoms with Crippen molar-refractivity contribution in [2.45, 2.75) is 13.5 Å². The second-order valence-electron chi connectivity index (χ2n) is 5.08. The lowest BCUT2D eigenvalue weighted by Crippen LogP contribution is -2.02. The van der Waals surface area contributed by atoms with Crippen LogP contribution in [0.2, 0.25) is 5.02 Å². The molecule has 2 aromatic carbocycles. The lowest BCUT2D eigenvalue weighted by atomic mass is 10.2. The summed E-state index contributed by atoms with van der Waals surface area (Å²) in [6, 6.07) is 13.2. The predicted octanol–water partition coefficient (Wildman–Crippen LogP) is 4.32. The van der Waals surface area contributed by atoms with Gasteiger partial charge in [-0.1, -0.05) is 22.8 Å². The molecule has 1 N–H and O–H groups in total. The van der Waals surface area contributed by atoms with E-state index in [-0.39, 0.29) is 0 Å². The average Bonchev–Trinajstić information content (AvgIpc) is 3.03. The summed E-state index contributed by atoms with van der Waals surface area (Å²) in [5.74, 6) is 1.81. The largest absolute Gasteiger partial charge is 0.495 e. The third-order valence-electron chi connectivity index (χ3n) is 3.36. The highest BCUT2D eigenvalue weighted by atomic mass is 35.5. The molecule has 0 bridgehead atoms. The first kappa shape index (κ1) is 15.4. The van der Waals surface area contributed by atoms with Gasteiger partial charge in [0.15, 0.2) is 0 Å². The van der Waals surface area contributed by atoms with Gasteiger partial charge in [-0.2, -0.15) is 4.98 Å². The van der Waals surface area contributed by atoms with Crippen LogP contribution >= 0.6 is 11.6 Å². The Labute approximate surface area is 139 Å². The summed E-state index contributed by atoms with van der Waals surface area (Å²) < 4.78 is 10.6. The molecule has 0 atom stereocenters. The lowest BCUT2D eigenvalue weighted by Gasteiger charge is -2.10. The zero-order valence-corrected chi connectivity index (χ0v) is 13.6. The van der Waals surface area contributed by atoms with E-state index in [0.29, 0.717) is 23.3 Å². The number of methoxy groups -OCH3 is 1. The highest BCUT2D eigenvalue weighted by Gasteiger charge is 2.10. The van der Waals surface area contributed by atoms with E-state index in [2.05, 4.69) is 15.5 Å². The Kier molecular flexibility index (Phi) is 4.48. The number of rotatable bonds is 5. The molecule has 0 aliphatic rings. The van der Waals surface area contributed by atoms with E-state index < -0.39 is 0 Å². The highest BCUT2D eigenvalue weighted by Crippen LogP contribution is 2.26. The number of ether oxygens (including phenoxy) is 1. The molecular formula is C17H16ClN3O2. The topological polar surface area (TPSA) is 60.2 Å². The van der Waals surface area contributed by atoms with Crippen molar-refractivity contribution in [3.8, 4) is 17.1 Å². The van der Waals surface area contributed by atoms with Crippen LogP contribution in [0.25, 0.3) is 11.4 Å². The second-order valence-corrected chi connectivity index (χ2v) is 5.51. The normalized spacial score (nSPS) is 10.6. The number of benzene rings is 2. The maximum absolute atomic E-state index is 5.88. The summed E-state index contributed by atoms with van der Waals surface area (Å²) in [4.78, 5) is 4.38. The maximum atomic E-state index is 5.88. The van der Waals surface area contributed by atoms with Crippen LogP contribution in [0.4, 0.5) is 5.69 Å². The molecule has 0 fully saturated rings. The van der Waals surface area contributed by atoms with Gasteiger partial charge in [-0.05, 0) is 48.9 Å². The third kappa shape index (κ3) is 3.63. The Morgan fingerprint density at radius 2 is 1.96 bits per heavy atom. The van der Waals surface area contributed by atoms with Gasteiger partial charge in [0.2, 0.25) is 11.7 Å². The van der Waals surface area contributed by atoms with Gasteiger partial charge in [0.05, 0.1) is 19.3 Å².